The van der Waals surface area contributed by atoms with E-state index in [1.54, 1.807) is 13.2 Å². The van der Waals surface area contributed by atoms with Gasteiger partial charge in [0.25, 0.3) is 0 Å². The molecule has 0 spiro atoms. The molecule has 2 aromatic rings. The SMILES string of the molecule is COCCNC(=O)/C=C/c1cc(C)n(-c2ccccc2)c1C. The van der Waals surface area contributed by atoms with E-state index in [0.717, 1.165) is 22.6 Å². The molecule has 0 saturated heterocycles. The van der Waals surface area contributed by atoms with Crippen LogP contribution < -0.4 is 5.32 Å². The predicted octanol–water partition coefficient (Wildman–Crippen LogP) is 2.87. The number of para-hydroxylation sites is 1. The van der Waals surface area contributed by atoms with Crippen molar-refractivity contribution in [2.45, 2.75) is 13.8 Å². The van der Waals surface area contributed by atoms with Crippen molar-refractivity contribution in [3.63, 3.8) is 0 Å². The van der Waals surface area contributed by atoms with Crippen molar-refractivity contribution in [3.05, 3.63) is 59.4 Å². The Morgan fingerprint density at radius 2 is 2.00 bits per heavy atom. The molecule has 1 aromatic carbocycles. The van der Waals surface area contributed by atoms with Gasteiger partial charge in [0.05, 0.1) is 6.61 Å². The summed E-state index contributed by atoms with van der Waals surface area (Å²) in [6, 6.07) is 12.3. The van der Waals surface area contributed by atoms with Gasteiger partial charge in [0.1, 0.15) is 0 Å². The quantitative estimate of drug-likeness (QED) is 0.658. The summed E-state index contributed by atoms with van der Waals surface area (Å²) in [6.45, 7) is 5.16. The van der Waals surface area contributed by atoms with E-state index in [9.17, 15) is 4.79 Å². The third-order valence-electron chi connectivity index (χ3n) is 3.50. The third kappa shape index (κ3) is 3.86. The second-order valence-corrected chi connectivity index (χ2v) is 5.11. The maximum Gasteiger partial charge on any atom is 0.244 e. The molecule has 0 atom stereocenters. The minimum absolute atomic E-state index is 0.110. The molecule has 1 aromatic heterocycles. The van der Waals surface area contributed by atoms with Crippen molar-refractivity contribution in [2.24, 2.45) is 0 Å². The van der Waals surface area contributed by atoms with Crippen LogP contribution in [0.3, 0.4) is 0 Å². The van der Waals surface area contributed by atoms with Gasteiger partial charge in [-0.1, -0.05) is 18.2 Å². The fourth-order valence-corrected chi connectivity index (χ4v) is 2.43. The monoisotopic (exact) mass is 298 g/mol. The first-order valence-electron chi connectivity index (χ1n) is 7.32. The lowest BCUT2D eigenvalue weighted by molar-refractivity contribution is -0.116. The number of ether oxygens (including phenoxy) is 1. The van der Waals surface area contributed by atoms with Crippen LogP contribution in [-0.4, -0.2) is 30.7 Å². The van der Waals surface area contributed by atoms with Crippen LogP contribution in [0.5, 0.6) is 0 Å². The molecule has 22 heavy (non-hydrogen) atoms. The number of nitrogens with zero attached hydrogens (tertiary/aromatic N) is 1. The summed E-state index contributed by atoms with van der Waals surface area (Å²) in [4.78, 5) is 11.7. The van der Waals surface area contributed by atoms with E-state index in [2.05, 4.69) is 41.9 Å². The molecule has 116 valence electrons. The van der Waals surface area contributed by atoms with Crippen LogP contribution in [0.1, 0.15) is 17.0 Å². The second kappa shape index (κ2) is 7.61. The summed E-state index contributed by atoms with van der Waals surface area (Å²) in [5.41, 5.74) is 4.43. The molecular weight excluding hydrogens is 276 g/mol. The molecule has 0 unspecified atom stereocenters. The number of methoxy groups -OCH3 is 1. The van der Waals surface area contributed by atoms with Crippen LogP contribution in [0, 0.1) is 13.8 Å². The van der Waals surface area contributed by atoms with Crippen molar-refractivity contribution >= 4 is 12.0 Å². The maximum absolute atomic E-state index is 11.7. The predicted molar refractivity (Wildman–Crippen MR) is 89.2 cm³/mol. The van der Waals surface area contributed by atoms with Crippen molar-refractivity contribution in [2.75, 3.05) is 20.3 Å². The fourth-order valence-electron chi connectivity index (χ4n) is 2.43. The lowest BCUT2D eigenvalue weighted by Gasteiger charge is -2.09. The summed E-state index contributed by atoms with van der Waals surface area (Å²) in [7, 11) is 1.61. The Morgan fingerprint density at radius 3 is 2.68 bits per heavy atom. The van der Waals surface area contributed by atoms with Crippen LogP contribution in [0.15, 0.2) is 42.5 Å². The Labute approximate surface area is 131 Å². The minimum Gasteiger partial charge on any atom is -0.383 e. The highest BCUT2D eigenvalue weighted by atomic mass is 16.5. The lowest BCUT2D eigenvalue weighted by atomic mass is 10.2. The van der Waals surface area contributed by atoms with Crippen LogP contribution >= 0.6 is 0 Å². The van der Waals surface area contributed by atoms with E-state index in [4.69, 9.17) is 4.74 Å². The van der Waals surface area contributed by atoms with Gasteiger partial charge in [-0.15, -0.1) is 0 Å². The van der Waals surface area contributed by atoms with Gasteiger partial charge in [-0.3, -0.25) is 4.79 Å². The number of hydrogen-bond acceptors (Lipinski definition) is 2. The molecule has 0 aliphatic rings. The molecular formula is C18H22N2O2. The topological polar surface area (TPSA) is 43.3 Å². The van der Waals surface area contributed by atoms with Crippen LogP contribution in [0.2, 0.25) is 0 Å². The first-order valence-corrected chi connectivity index (χ1v) is 7.32. The summed E-state index contributed by atoms with van der Waals surface area (Å²) >= 11 is 0. The highest BCUT2D eigenvalue weighted by Crippen LogP contribution is 2.21. The summed E-state index contributed by atoms with van der Waals surface area (Å²) in [5, 5.41) is 2.77. The Kier molecular flexibility index (Phi) is 5.55. The first-order chi connectivity index (χ1) is 10.6. The van der Waals surface area contributed by atoms with E-state index < -0.39 is 0 Å². The Bertz CT molecular complexity index is 657. The zero-order valence-electron chi connectivity index (χ0n) is 13.3. The zero-order chi connectivity index (χ0) is 15.9. The second-order valence-electron chi connectivity index (χ2n) is 5.11. The maximum atomic E-state index is 11.7. The molecule has 0 saturated carbocycles. The molecule has 1 heterocycles. The van der Waals surface area contributed by atoms with Gasteiger partial charge in [-0.05, 0) is 43.7 Å². The molecule has 1 amide bonds. The summed E-state index contributed by atoms with van der Waals surface area (Å²) < 4.78 is 7.08. The van der Waals surface area contributed by atoms with Gasteiger partial charge in [-0.25, -0.2) is 0 Å². The molecule has 1 N–H and O–H groups in total. The van der Waals surface area contributed by atoms with Gasteiger partial charge in [-0.2, -0.15) is 0 Å². The molecule has 0 fully saturated rings. The number of rotatable bonds is 6. The van der Waals surface area contributed by atoms with Crippen molar-refractivity contribution in [1.82, 2.24) is 9.88 Å². The molecule has 0 aliphatic carbocycles. The van der Waals surface area contributed by atoms with E-state index in [0.29, 0.717) is 13.2 Å². The number of amides is 1. The van der Waals surface area contributed by atoms with Crippen LogP contribution in [0.25, 0.3) is 11.8 Å². The van der Waals surface area contributed by atoms with E-state index in [1.807, 2.05) is 24.3 Å². The van der Waals surface area contributed by atoms with Gasteiger partial charge in [0, 0.05) is 36.8 Å². The van der Waals surface area contributed by atoms with Gasteiger partial charge < -0.3 is 14.6 Å². The molecule has 0 aliphatic heterocycles. The molecule has 4 heteroatoms. The smallest absolute Gasteiger partial charge is 0.244 e. The molecule has 2 rings (SSSR count). The van der Waals surface area contributed by atoms with E-state index in [-0.39, 0.29) is 5.91 Å². The molecule has 0 radical (unpaired) electrons. The number of nitrogens with one attached hydrogen (secondary N) is 1. The lowest BCUT2D eigenvalue weighted by Crippen LogP contribution is -2.24. The van der Waals surface area contributed by atoms with E-state index in [1.165, 1.54) is 0 Å². The highest BCUT2D eigenvalue weighted by Gasteiger charge is 2.08. The van der Waals surface area contributed by atoms with Gasteiger partial charge in [0.2, 0.25) is 5.91 Å². The van der Waals surface area contributed by atoms with Gasteiger partial charge >= 0.3 is 0 Å². The van der Waals surface area contributed by atoms with Gasteiger partial charge in [0.15, 0.2) is 0 Å². The zero-order valence-corrected chi connectivity index (χ0v) is 13.3. The number of aromatic nitrogens is 1. The number of aryl methyl sites for hydroxylation is 1. The fraction of sp³-hybridized carbons (Fsp3) is 0.278. The number of benzene rings is 1. The highest BCUT2D eigenvalue weighted by molar-refractivity contribution is 5.91. The first kappa shape index (κ1) is 16.0. The Balaban J connectivity index is 2.15. The van der Waals surface area contributed by atoms with Crippen LogP contribution in [0.4, 0.5) is 0 Å². The average molecular weight is 298 g/mol. The number of carbonyl (C=O) groups is 1. The summed E-state index contributed by atoms with van der Waals surface area (Å²) in [6.07, 6.45) is 3.41. The average Bonchev–Trinajstić information content (AvgIpc) is 2.80. The Hall–Kier alpha value is -2.33. The van der Waals surface area contributed by atoms with Crippen LogP contribution in [-0.2, 0) is 9.53 Å². The molecule has 4 nitrogen and oxygen atoms in total. The van der Waals surface area contributed by atoms with Crippen molar-refractivity contribution in [1.29, 1.82) is 0 Å². The normalized spacial score (nSPS) is 11.0. The van der Waals surface area contributed by atoms with Crippen molar-refractivity contribution in [3.8, 4) is 5.69 Å². The van der Waals surface area contributed by atoms with Crippen molar-refractivity contribution < 1.29 is 9.53 Å². The summed E-state index contributed by atoms with van der Waals surface area (Å²) in [5.74, 6) is -0.110. The minimum atomic E-state index is -0.110. The number of carbonyl (C=O) groups excluding carboxylic acids is 1. The largest absolute Gasteiger partial charge is 0.383 e. The third-order valence-corrected chi connectivity index (χ3v) is 3.50. The Morgan fingerprint density at radius 1 is 1.27 bits per heavy atom. The molecule has 0 bridgehead atoms. The standard InChI is InChI=1S/C18H22N2O2/c1-14-13-16(9-10-18(21)19-11-12-22-3)15(2)20(14)17-7-5-4-6-8-17/h4-10,13H,11-12H2,1-3H3,(H,19,21)/b10-9+. The number of hydrogen-bond donors (Lipinski definition) is 1. The van der Waals surface area contributed by atoms with E-state index >= 15 is 0 Å².